The first-order valence-electron chi connectivity index (χ1n) is 9.94. The van der Waals surface area contributed by atoms with E-state index in [2.05, 4.69) is 41.2 Å². The van der Waals surface area contributed by atoms with Gasteiger partial charge in [-0.05, 0) is 67.6 Å². The molecule has 0 aromatic heterocycles. The molecule has 4 aromatic rings. The number of rotatable bonds is 2. The van der Waals surface area contributed by atoms with Gasteiger partial charge in [-0.1, -0.05) is 72.8 Å². The number of benzene rings is 4. The smallest absolute Gasteiger partial charge is 0.405 e. The second-order valence-electron chi connectivity index (χ2n) is 7.67. The number of hydrogen-bond donors (Lipinski definition) is 0. The second-order valence-corrected chi connectivity index (χ2v) is 7.67. The minimum Gasteiger partial charge on any atom is -0.405 e. The lowest BCUT2D eigenvalue weighted by molar-refractivity contribution is -0.274. The molecule has 31 heavy (non-hydrogen) atoms. The predicted octanol–water partition coefficient (Wildman–Crippen LogP) is 5.87. The number of para-hydroxylation sites is 1. The summed E-state index contributed by atoms with van der Waals surface area (Å²) >= 11 is 0. The number of halogens is 3. The van der Waals surface area contributed by atoms with Crippen LogP contribution in [-0.4, -0.2) is 6.36 Å². The normalized spacial score (nSPS) is 12.9. The lowest BCUT2D eigenvalue weighted by Gasteiger charge is -2.15. The van der Waals surface area contributed by atoms with Gasteiger partial charge in [-0.3, -0.25) is 0 Å². The molecule has 0 N–H and O–H groups in total. The third-order valence-corrected chi connectivity index (χ3v) is 5.93. The Balaban J connectivity index is 1.58. The largest absolute Gasteiger partial charge is 0.573 e. The van der Waals surface area contributed by atoms with Crippen molar-refractivity contribution in [2.24, 2.45) is 0 Å². The predicted molar refractivity (Wildman–Crippen MR) is 116 cm³/mol. The maximum atomic E-state index is 13.0. The van der Waals surface area contributed by atoms with Crippen LogP contribution in [0.3, 0.4) is 0 Å². The monoisotopic (exact) mass is 412 g/mol. The van der Waals surface area contributed by atoms with E-state index in [9.17, 15) is 13.2 Å². The summed E-state index contributed by atoms with van der Waals surface area (Å²) in [5.74, 6) is -0.197. The van der Waals surface area contributed by atoms with Crippen LogP contribution in [0.4, 0.5) is 13.2 Å². The lowest BCUT2D eigenvalue weighted by Crippen LogP contribution is -2.25. The van der Waals surface area contributed by atoms with Crippen molar-refractivity contribution in [2.45, 2.75) is 6.36 Å². The van der Waals surface area contributed by atoms with Gasteiger partial charge in [0, 0.05) is 5.56 Å². The van der Waals surface area contributed by atoms with Crippen molar-refractivity contribution in [3.05, 3.63) is 100 Å². The Morgan fingerprint density at radius 1 is 0.516 bits per heavy atom. The Hall–Kier alpha value is -3.79. The molecule has 0 amide bonds. The highest BCUT2D eigenvalue weighted by atomic mass is 19.4. The Morgan fingerprint density at radius 3 is 1.87 bits per heavy atom. The highest BCUT2D eigenvalue weighted by Crippen LogP contribution is 2.40. The van der Waals surface area contributed by atoms with Gasteiger partial charge >= 0.3 is 6.36 Å². The molecule has 2 aliphatic rings. The molecular formula is C27H15F3O. The summed E-state index contributed by atoms with van der Waals surface area (Å²) in [4.78, 5) is 0. The molecule has 0 fully saturated rings. The van der Waals surface area contributed by atoms with Crippen LogP contribution in [0, 0.1) is 0 Å². The van der Waals surface area contributed by atoms with Gasteiger partial charge in [0.05, 0.1) is 0 Å². The molecule has 1 nitrogen and oxygen atoms in total. The highest BCUT2D eigenvalue weighted by molar-refractivity contribution is 5.95. The van der Waals surface area contributed by atoms with Gasteiger partial charge in [0.2, 0.25) is 0 Å². The average molecular weight is 412 g/mol. The number of fused-ring (bicyclic) bond motifs is 7. The first-order chi connectivity index (χ1) is 15.0. The molecule has 0 aliphatic heterocycles. The third kappa shape index (κ3) is 2.79. The average Bonchev–Trinajstić information content (AvgIpc) is 3.31. The van der Waals surface area contributed by atoms with E-state index in [1.807, 2.05) is 30.3 Å². The molecule has 0 atom stereocenters. The maximum Gasteiger partial charge on any atom is 0.573 e. The molecule has 0 bridgehead atoms. The van der Waals surface area contributed by atoms with Crippen molar-refractivity contribution in [1.29, 1.82) is 0 Å². The minimum absolute atomic E-state index is 0.197. The van der Waals surface area contributed by atoms with Gasteiger partial charge < -0.3 is 4.74 Å². The Bertz CT molecular complexity index is 1500. The zero-order valence-corrected chi connectivity index (χ0v) is 16.2. The Morgan fingerprint density at radius 2 is 1.10 bits per heavy atom. The number of alkyl halides is 3. The number of ether oxygens (including phenoxy) is 1. The van der Waals surface area contributed by atoms with Gasteiger partial charge in [0.15, 0.2) is 0 Å². The molecule has 0 radical (unpaired) electrons. The van der Waals surface area contributed by atoms with E-state index in [0.29, 0.717) is 5.56 Å². The SMILES string of the molecule is FC(F)(F)Oc1ccccc1-c1cccc2c1C=c1c-2ccc2c1=Cc1ccccc1-2. The van der Waals surface area contributed by atoms with Gasteiger partial charge in [-0.2, -0.15) is 0 Å². The number of hydrogen-bond acceptors (Lipinski definition) is 1. The molecule has 6 rings (SSSR count). The summed E-state index contributed by atoms with van der Waals surface area (Å²) in [6, 6.07) is 24.5. The zero-order valence-electron chi connectivity index (χ0n) is 16.2. The molecule has 4 heteroatoms. The van der Waals surface area contributed by atoms with Crippen LogP contribution in [-0.2, 0) is 0 Å². The maximum absolute atomic E-state index is 13.0. The van der Waals surface area contributed by atoms with Crippen LogP contribution in [0.25, 0.3) is 45.5 Å². The fourth-order valence-corrected chi connectivity index (χ4v) is 4.68. The standard InChI is InChI=1S/C27H15F3O/c28-27(29,30)31-26-11-4-3-8-22(26)19-10-5-9-18-21-13-12-20-17-7-2-1-6-16(17)14-23(20)25(21)15-24(18)19/h1-15H. The van der Waals surface area contributed by atoms with E-state index in [-0.39, 0.29) is 5.75 Å². The molecule has 2 aliphatic carbocycles. The molecular weight excluding hydrogens is 397 g/mol. The van der Waals surface area contributed by atoms with Crippen molar-refractivity contribution in [3.8, 4) is 39.1 Å². The molecule has 0 saturated heterocycles. The summed E-state index contributed by atoms with van der Waals surface area (Å²) in [5.41, 5.74) is 7.72. The van der Waals surface area contributed by atoms with Crippen LogP contribution in [0.5, 0.6) is 5.75 Å². The van der Waals surface area contributed by atoms with Crippen molar-refractivity contribution in [1.82, 2.24) is 0 Å². The van der Waals surface area contributed by atoms with Crippen LogP contribution in [0.15, 0.2) is 78.9 Å². The Labute approximate surface area is 176 Å². The summed E-state index contributed by atoms with van der Waals surface area (Å²) in [7, 11) is 0. The highest BCUT2D eigenvalue weighted by Gasteiger charge is 2.32. The van der Waals surface area contributed by atoms with E-state index in [0.717, 1.165) is 32.7 Å². The summed E-state index contributed by atoms with van der Waals surface area (Å²) < 4.78 is 43.2. The fraction of sp³-hybridized carbons (Fsp3) is 0.0370. The molecule has 0 unspecified atom stereocenters. The van der Waals surface area contributed by atoms with Crippen molar-refractivity contribution in [2.75, 3.05) is 0 Å². The molecule has 150 valence electrons. The van der Waals surface area contributed by atoms with Crippen molar-refractivity contribution >= 4 is 12.2 Å². The topological polar surface area (TPSA) is 9.23 Å². The first kappa shape index (κ1) is 18.0. The molecule has 0 spiro atoms. The first-order valence-corrected chi connectivity index (χ1v) is 9.94. The quantitative estimate of drug-likeness (QED) is 0.346. The second kappa shape index (κ2) is 6.35. The molecule has 4 aromatic carbocycles. The minimum atomic E-state index is -4.75. The van der Waals surface area contributed by atoms with Crippen LogP contribution in [0.1, 0.15) is 11.1 Å². The third-order valence-electron chi connectivity index (χ3n) is 5.93. The van der Waals surface area contributed by atoms with Gasteiger partial charge in [-0.15, -0.1) is 13.2 Å². The van der Waals surface area contributed by atoms with E-state index >= 15 is 0 Å². The van der Waals surface area contributed by atoms with E-state index in [1.54, 1.807) is 18.2 Å². The fourth-order valence-electron chi connectivity index (χ4n) is 4.68. The lowest BCUT2D eigenvalue weighted by atomic mass is 9.94. The van der Waals surface area contributed by atoms with Crippen LogP contribution >= 0.6 is 0 Å². The van der Waals surface area contributed by atoms with E-state index in [4.69, 9.17) is 0 Å². The van der Waals surface area contributed by atoms with Crippen molar-refractivity contribution < 1.29 is 17.9 Å². The van der Waals surface area contributed by atoms with Crippen LogP contribution < -0.4 is 15.2 Å². The summed E-state index contributed by atoms with van der Waals surface area (Å²) in [6.45, 7) is 0. The van der Waals surface area contributed by atoms with E-state index < -0.39 is 6.36 Å². The zero-order chi connectivity index (χ0) is 21.2. The van der Waals surface area contributed by atoms with Crippen LogP contribution in [0.2, 0.25) is 0 Å². The van der Waals surface area contributed by atoms with Gasteiger partial charge in [-0.25, -0.2) is 0 Å². The summed E-state index contributed by atoms with van der Waals surface area (Å²) in [6.07, 6.45) is -0.472. The van der Waals surface area contributed by atoms with Crippen molar-refractivity contribution in [3.63, 3.8) is 0 Å². The van der Waals surface area contributed by atoms with Gasteiger partial charge in [0.1, 0.15) is 5.75 Å². The molecule has 0 heterocycles. The Kier molecular flexibility index (Phi) is 3.69. The van der Waals surface area contributed by atoms with E-state index in [1.165, 1.54) is 22.8 Å². The van der Waals surface area contributed by atoms with Gasteiger partial charge in [0.25, 0.3) is 0 Å². The molecule has 0 saturated carbocycles. The summed E-state index contributed by atoms with van der Waals surface area (Å²) in [5, 5.41) is 2.26.